The molecule has 0 fully saturated rings. The van der Waals surface area contributed by atoms with E-state index in [-0.39, 0.29) is 0 Å². The van der Waals surface area contributed by atoms with Crippen LogP contribution in [-0.4, -0.2) is 40.0 Å². The van der Waals surface area contributed by atoms with Crippen LogP contribution in [0, 0.1) is 0 Å². The maximum Gasteiger partial charge on any atom is 0.276 e. The van der Waals surface area contributed by atoms with Crippen LogP contribution in [0.4, 0.5) is 0 Å². The second kappa shape index (κ2) is 4.13. The van der Waals surface area contributed by atoms with Gasteiger partial charge in [0.05, 0.1) is 6.26 Å². The normalized spacial score (nSPS) is 13.8. The van der Waals surface area contributed by atoms with Gasteiger partial charge in [0.15, 0.2) is 0 Å². The molecule has 0 saturated heterocycles. The highest BCUT2D eigenvalue weighted by molar-refractivity contribution is 8.13. The number of hydrogen-bond donors (Lipinski definition) is 0. The van der Waals surface area contributed by atoms with Gasteiger partial charge in [0, 0.05) is 21.3 Å². The SMILES string of the molecule is COP(=S)(OC)N(C)S(C)(=O)=O. The van der Waals surface area contributed by atoms with E-state index in [1.165, 1.54) is 21.3 Å². The van der Waals surface area contributed by atoms with Crippen LogP contribution < -0.4 is 0 Å². The maximum atomic E-state index is 11.0. The molecule has 0 radical (unpaired) electrons. The van der Waals surface area contributed by atoms with Gasteiger partial charge in [0.25, 0.3) is 6.64 Å². The molecular weight excluding hydrogens is 221 g/mol. The summed E-state index contributed by atoms with van der Waals surface area (Å²) < 4.78 is 32.6. The lowest BCUT2D eigenvalue weighted by Crippen LogP contribution is -2.23. The second-order valence-corrected chi connectivity index (χ2v) is 7.97. The predicted octanol–water partition coefficient (Wildman–Crippen LogP) is 0.395. The van der Waals surface area contributed by atoms with E-state index in [1.54, 1.807) is 0 Å². The van der Waals surface area contributed by atoms with E-state index < -0.39 is 16.7 Å². The van der Waals surface area contributed by atoms with Gasteiger partial charge in [-0.3, -0.25) is 0 Å². The Hall–Kier alpha value is 0.480. The first-order valence-corrected chi connectivity index (χ1v) is 7.37. The van der Waals surface area contributed by atoms with E-state index in [0.717, 1.165) is 10.3 Å². The third kappa shape index (κ3) is 2.76. The number of nitrogens with zero attached hydrogens (tertiary/aromatic N) is 1. The first kappa shape index (κ1) is 12.5. The van der Waals surface area contributed by atoms with E-state index in [1.807, 2.05) is 0 Å². The molecule has 0 aromatic carbocycles. The van der Waals surface area contributed by atoms with Gasteiger partial charge in [-0.2, -0.15) is 0 Å². The summed E-state index contributed by atoms with van der Waals surface area (Å²) in [4.78, 5) is 0. The van der Waals surface area contributed by atoms with Crippen LogP contribution in [0.25, 0.3) is 0 Å². The molecule has 74 valence electrons. The largest absolute Gasteiger partial charge is 0.321 e. The number of rotatable bonds is 4. The van der Waals surface area contributed by atoms with Crippen LogP contribution in [0.15, 0.2) is 0 Å². The van der Waals surface area contributed by atoms with Crippen molar-refractivity contribution < 1.29 is 17.5 Å². The Balaban J connectivity index is 4.92. The third-order valence-electron chi connectivity index (χ3n) is 1.29. The summed E-state index contributed by atoms with van der Waals surface area (Å²) in [5.41, 5.74) is 0. The van der Waals surface area contributed by atoms with Crippen molar-refractivity contribution in [2.45, 2.75) is 0 Å². The van der Waals surface area contributed by atoms with Crippen molar-refractivity contribution in [3.05, 3.63) is 0 Å². The van der Waals surface area contributed by atoms with Crippen molar-refractivity contribution in [3.8, 4) is 0 Å². The molecule has 12 heavy (non-hydrogen) atoms. The zero-order valence-electron chi connectivity index (χ0n) is 7.34. The van der Waals surface area contributed by atoms with Gasteiger partial charge in [-0.05, 0) is 11.8 Å². The molecule has 0 aromatic rings. The summed E-state index contributed by atoms with van der Waals surface area (Å²) in [5.74, 6) is 0. The highest BCUT2D eigenvalue weighted by atomic mass is 32.5. The molecule has 0 atom stereocenters. The molecule has 0 saturated carbocycles. The van der Waals surface area contributed by atoms with Gasteiger partial charge >= 0.3 is 0 Å². The Bertz CT molecular complexity index is 279. The summed E-state index contributed by atoms with van der Waals surface area (Å²) in [6.45, 7) is -2.82. The molecule has 0 amide bonds. The quantitative estimate of drug-likeness (QED) is 0.658. The summed E-state index contributed by atoms with van der Waals surface area (Å²) in [7, 11) is 0.631. The van der Waals surface area contributed by atoms with Crippen molar-refractivity contribution >= 4 is 28.5 Å². The predicted molar refractivity (Wildman–Crippen MR) is 50.9 cm³/mol. The first-order chi connectivity index (χ1) is 5.28. The molecular formula is C4H12NO4PS2. The van der Waals surface area contributed by atoms with Crippen LogP contribution in [-0.2, 0) is 30.9 Å². The molecule has 0 aromatic heterocycles. The molecule has 0 aliphatic heterocycles. The Kier molecular flexibility index (Phi) is 4.29. The fourth-order valence-corrected chi connectivity index (χ4v) is 4.04. The van der Waals surface area contributed by atoms with E-state index in [2.05, 4.69) is 0 Å². The summed E-state index contributed by atoms with van der Waals surface area (Å²) in [6.07, 6.45) is 1.05. The van der Waals surface area contributed by atoms with Crippen LogP contribution in [0.2, 0.25) is 0 Å². The van der Waals surface area contributed by atoms with Gasteiger partial charge in [0.2, 0.25) is 10.0 Å². The van der Waals surface area contributed by atoms with E-state index in [9.17, 15) is 8.42 Å². The standard InChI is InChI=1S/C4H12NO4PS2/c1-5(12(4,6)7)10(11,8-2)9-3/h1-4H3. The Morgan fingerprint density at radius 3 is 1.75 bits per heavy atom. The molecule has 0 rings (SSSR count). The van der Waals surface area contributed by atoms with E-state index in [4.69, 9.17) is 20.9 Å². The van der Waals surface area contributed by atoms with Crippen LogP contribution >= 0.6 is 6.64 Å². The lowest BCUT2D eigenvalue weighted by molar-refractivity contribution is 0.309. The molecule has 0 aliphatic rings. The van der Waals surface area contributed by atoms with Crippen LogP contribution in [0.3, 0.4) is 0 Å². The number of hydrogen-bond acceptors (Lipinski definition) is 5. The lowest BCUT2D eigenvalue weighted by Gasteiger charge is -2.25. The Morgan fingerprint density at radius 2 is 1.67 bits per heavy atom. The third-order valence-corrected chi connectivity index (χ3v) is 7.33. The van der Waals surface area contributed by atoms with Gasteiger partial charge < -0.3 is 9.05 Å². The molecule has 0 unspecified atom stereocenters. The topological polar surface area (TPSA) is 55.8 Å². The van der Waals surface area contributed by atoms with Crippen LogP contribution in [0.5, 0.6) is 0 Å². The minimum Gasteiger partial charge on any atom is -0.321 e. The van der Waals surface area contributed by atoms with Crippen molar-refractivity contribution in [1.29, 1.82) is 0 Å². The van der Waals surface area contributed by atoms with E-state index >= 15 is 0 Å². The highest BCUT2D eigenvalue weighted by Crippen LogP contribution is 2.50. The number of sulfonamides is 1. The monoisotopic (exact) mass is 233 g/mol. The minimum absolute atomic E-state index is 0.940. The minimum atomic E-state index is -3.36. The van der Waals surface area contributed by atoms with Gasteiger partial charge in [0.1, 0.15) is 0 Å². The fraction of sp³-hybridized carbons (Fsp3) is 1.00. The van der Waals surface area contributed by atoms with Gasteiger partial charge in [-0.15, -0.1) is 4.08 Å². The van der Waals surface area contributed by atoms with Crippen molar-refractivity contribution in [2.75, 3.05) is 27.5 Å². The zero-order chi connectivity index (χ0) is 9.99. The lowest BCUT2D eigenvalue weighted by atomic mass is 11.6. The highest BCUT2D eigenvalue weighted by Gasteiger charge is 2.29. The van der Waals surface area contributed by atoms with Gasteiger partial charge in [-0.25, -0.2) is 8.42 Å². The molecule has 0 N–H and O–H groups in total. The molecule has 0 aliphatic carbocycles. The molecule has 0 spiro atoms. The van der Waals surface area contributed by atoms with Crippen molar-refractivity contribution in [1.82, 2.24) is 4.08 Å². The first-order valence-electron chi connectivity index (χ1n) is 2.94. The molecule has 0 heterocycles. The van der Waals surface area contributed by atoms with E-state index in [0.29, 0.717) is 0 Å². The average molecular weight is 233 g/mol. The summed E-state index contributed by atoms with van der Waals surface area (Å²) in [5, 5.41) is 0. The summed E-state index contributed by atoms with van der Waals surface area (Å²) >= 11 is 4.89. The summed E-state index contributed by atoms with van der Waals surface area (Å²) in [6, 6.07) is 0. The van der Waals surface area contributed by atoms with Crippen molar-refractivity contribution in [3.63, 3.8) is 0 Å². The maximum absolute atomic E-state index is 11.0. The fourth-order valence-electron chi connectivity index (χ4n) is 0.486. The molecule has 0 bridgehead atoms. The molecule has 8 heteroatoms. The average Bonchev–Trinajstić information content (AvgIpc) is 2.00. The Morgan fingerprint density at radius 1 is 1.33 bits per heavy atom. The van der Waals surface area contributed by atoms with Gasteiger partial charge in [-0.1, -0.05) is 0 Å². The molecule has 5 nitrogen and oxygen atoms in total. The Labute approximate surface area is 77.9 Å². The smallest absolute Gasteiger partial charge is 0.276 e. The van der Waals surface area contributed by atoms with Crippen molar-refractivity contribution in [2.24, 2.45) is 0 Å². The van der Waals surface area contributed by atoms with Crippen LogP contribution in [0.1, 0.15) is 0 Å². The zero-order valence-corrected chi connectivity index (χ0v) is 9.87. The second-order valence-electron chi connectivity index (χ2n) is 2.03.